The normalized spacial score (nSPS) is 16.9. The minimum atomic E-state index is -3.56. The Morgan fingerprint density at radius 3 is 2.50 bits per heavy atom. The van der Waals surface area contributed by atoms with Crippen LogP contribution in [0.25, 0.3) is 0 Å². The van der Waals surface area contributed by atoms with Gasteiger partial charge in [0.15, 0.2) is 0 Å². The molecule has 2 rings (SSSR count). The fraction of sp³-hybridized carbons (Fsp3) is 0.500. The molecule has 1 aliphatic rings. The summed E-state index contributed by atoms with van der Waals surface area (Å²) in [7, 11) is -6.85. The van der Waals surface area contributed by atoms with Crippen LogP contribution < -0.4 is 5.73 Å². The van der Waals surface area contributed by atoms with Gasteiger partial charge in [-0.2, -0.15) is 4.31 Å². The predicted molar refractivity (Wildman–Crippen MR) is 78.5 cm³/mol. The van der Waals surface area contributed by atoms with Gasteiger partial charge in [0.25, 0.3) is 0 Å². The van der Waals surface area contributed by atoms with E-state index in [4.69, 9.17) is 5.73 Å². The summed E-state index contributed by atoms with van der Waals surface area (Å²) in [5.74, 6) is -0.723. The number of fused-ring (bicyclic) bond motifs is 1. The van der Waals surface area contributed by atoms with Crippen molar-refractivity contribution in [3.8, 4) is 0 Å². The average molecular weight is 318 g/mol. The van der Waals surface area contributed by atoms with Crippen LogP contribution in [-0.4, -0.2) is 45.4 Å². The van der Waals surface area contributed by atoms with Crippen molar-refractivity contribution in [3.63, 3.8) is 0 Å². The van der Waals surface area contributed by atoms with Crippen molar-refractivity contribution in [2.45, 2.75) is 13.0 Å². The van der Waals surface area contributed by atoms with Crippen LogP contribution in [0.5, 0.6) is 0 Å². The molecule has 1 aromatic rings. The summed E-state index contributed by atoms with van der Waals surface area (Å²) in [5.41, 5.74) is 8.28. The lowest BCUT2D eigenvalue weighted by Gasteiger charge is -2.28. The fourth-order valence-electron chi connectivity index (χ4n) is 2.17. The number of nitrogens with zero attached hydrogens (tertiary/aromatic N) is 1. The molecule has 1 heterocycles. The third kappa shape index (κ3) is 3.71. The molecule has 0 saturated carbocycles. The number of hydrogen-bond acceptors (Lipinski definition) is 5. The average Bonchev–Trinajstić information content (AvgIpc) is 2.35. The number of sulfonamides is 1. The molecule has 1 aliphatic heterocycles. The molecule has 0 bridgehead atoms. The van der Waals surface area contributed by atoms with E-state index in [9.17, 15) is 16.8 Å². The monoisotopic (exact) mass is 318 g/mol. The van der Waals surface area contributed by atoms with Crippen LogP contribution in [0, 0.1) is 0 Å². The lowest BCUT2D eigenvalue weighted by molar-refractivity contribution is 0.392. The highest BCUT2D eigenvalue weighted by molar-refractivity contribution is 7.93. The second kappa shape index (κ2) is 5.34. The summed E-state index contributed by atoms with van der Waals surface area (Å²) >= 11 is 0. The Morgan fingerprint density at radius 2 is 1.85 bits per heavy atom. The molecule has 0 fully saturated rings. The maximum atomic E-state index is 12.2. The van der Waals surface area contributed by atoms with Gasteiger partial charge in [0, 0.05) is 25.0 Å². The summed E-state index contributed by atoms with van der Waals surface area (Å²) in [6.45, 7) is 0.634. The Morgan fingerprint density at radius 1 is 1.15 bits per heavy atom. The molecule has 112 valence electrons. The third-order valence-corrected chi connectivity index (χ3v) is 6.34. The Hall–Kier alpha value is -1.12. The van der Waals surface area contributed by atoms with E-state index in [1.165, 1.54) is 4.31 Å². The zero-order valence-electron chi connectivity index (χ0n) is 11.2. The van der Waals surface area contributed by atoms with Crippen molar-refractivity contribution >= 4 is 25.5 Å². The zero-order valence-corrected chi connectivity index (χ0v) is 12.9. The van der Waals surface area contributed by atoms with Crippen molar-refractivity contribution < 1.29 is 16.8 Å². The van der Waals surface area contributed by atoms with E-state index in [1.54, 1.807) is 12.1 Å². The van der Waals surface area contributed by atoms with Gasteiger partial charge in [0.1, 0.15) is 9.84 Å². The molecule has 0 aliphatic carbocycles. The van der Waals surface area contributed by atoms with E-state index >= 15 is 0 Å². The highest BCUT2D eigenvalue weighted by Gasteiger charge is 2.27. The molecule has 0 saturated heterocycles. The predicted octanol–water partition coefficient (Wildman–Crippen LogP) is 0.00130. The molecule has 0 atom stereocenters. The Kier molecular flexibility index (Phi) is 4.08. The molecule has 0 aromatic heterocycles. The van der Waals surface area contributed by atoms with Gasteiger partial charge in [0.05, 0.1) is 11.5 Å². The first-order chi connectivity index (χ1) is 9.17. The topological polar surface area (TPSA) is 97.5 Å². The minimum Gasteiger partial charge on any atom is -0.399 e. The summed E-state index contributed by atoms with van der Waals surface area (Å²) in [5, 5.41) is 0. The third-order valence-electron chi connectivity index (χ3n) is 3.31. The number of nitrogens with two attached hydrogens (primary N) is 1. The smallest absolute Gasteiger partial charge is 0.215 e. The van der Waals surface area contributed by atoms with E-state index in [-0.39, 0.29) is 18.1 Å². The standard InChI is InChI=1S/C12H18N2O4S2/c1-19(15,16)6-7-20(17,18)14-5-4-10-2-3-12(13)8-11(10)9-14/h2-3,8H,4-7,9,13H2,1H3. The van der Waals surface area contributed by atoms with Crippen molar-refractivity contribution in [1.29, 1.82) is 0 Å². The van der Waals surface area contributed by atoms with Gasteiger partial charge in [0.2, 0.25) is 10.0 Å². The van der Waals surface area contributed by atoms with Crippen molar-refractivity contribution in [3.05, 3.63) is 29.3 Å². The van der Waals surface area contributed by atoms with Gasteiger partial charge in [-0.3, -0.25) is 0 Å². The maximum Gasteiger partial charge on any atom is 0.215 e. The van der Waals surface area contributed by atoms with Gasteiger partial charge in [-0.1, -0.05) is 6.07 Å². The highest BCUT2D eigenvalue weighted by Crippen LogP contribution is 2.23. The molecule has 0 radical (unpaired) electrons. The van der Waals surface area contributed by atoms with E-state index < -0.39 is 19.9 Å². The SMILES string of the molecule is CS(=O)(=O)CCS(=O)(=O)N1CCc2ccc(N)cc2C1. The number of sulfone groups is 1. The van der Waals surface area contributed by atoms with Gasteiger partial charge in [-0.05, 0) is 29.7 Å². The Bertz CT molecular complexity index is 711. The van der Waals surface area contributed by atoms with Crippen LogP contribution in [0.2, 0.25) is 0 Å². The van der Waals surface area contributed by atoms with Gasteiger partial charge >= 0.3 is 0 Å². The molecule has 2 N–H and O–H groups in total. The van der Waals surface area contributed by atoms with Crippen molar-refractivity contribution in [1.82, 2.24) is 4.31 Å². The Balaban J connectivity index is 2.15. The molecule has 6 nitrogen and oxygen atoms in total. The molecule has 0 spiro atoms. The molecule has 8 heteroatoms. The van der Waals surface area contributed by atoms with E-state index in [1.807, 2.05) is 6.07 Å². The Labute approximate surface area is 119 Å². The molecule has 20 heavy (non-hydrogen) atoms. The second-order valence-corrected chi connectivity index (χ2v) is 9.41. The molecular weight excluding hydrogens is 300 g/mol. The first-order valence-electron chi connectivity index (χ1n) is 6.20. The van der Waals surface area contributed by atoms with Gasteiger partial charge in [-0.15, -0.1) is 0 Å². The lowest BCUT2D eigenvalue weighted by atomic mass is 10.0. The number of anilines is 1. The van der Waals surface area contributed by atoms with Crippen molar-refractivity contribution in [2.24, 2.45) is 0 Å². The van der Waals surface area contributed by atoms with Crippen LogP contribution in [0.15, 0.2) is 18.2 Å². The molecule has 1 aromatic carbocycles. The van der Waals surface area contributed by atoms with E-state index in [0.717, 1.165) is 17.4 Å². The van der Waals surface area contributed by atoms with Crippen LogP contribution in [0.4, 0.5) is 5.69 Å². The van der Waals surface area contributed by atoms with Crippen molar-refractivity contribution in [2.75, 3.05) is 30.0 Å². The second-order valence-electron chi connectivity index (χ2n) is 5.06. The van der Waals surface area contributed by atoms with Crippen LogP contribution in [0.1, 0.15) is 11.1 Å². The first-order valence-corrected chi connectivity index (χ1v) is 9.87. The van der Waals surface area contributed by atoms with Crippen LogP contribution >= 0.6 is 0 Å². The summed E-state index contributed by atoms with van der Waals surface area (Å²) in [4.78, 5) is 0. The van der Waals surface area contributed by atoms with E-state index in [0.29, 0.717) is 18.7 Å². The van der Waals surface area contributed by atoms with Crippen LogP contribution in [0.3, 0.4) is 0 Å². The summed E-state index contributed by atoms with van der Waals surface area (Å²) < 4.78 is 47.9. The summed E-state index contributed by atoms with van der Waals surface area (Å²) in [6.07, 6.45) is 1.66. The highest BCUT2D eigenvalue weighted by atomic mass is 32.2. The van der Waals surface area contributed by atoms with Gasteiger partial charge in [-0.25, -0.2) is 16.8 Å². The minimum absolute atomic E-state index is 0.256. The number of nitrogen functional groups attached to an aromatic ring is 1. The quantitative estimate of drug-likeness (QED) is 0.788. The molecular formula is C12H18N2O4S2. The molecule has 0 amide bonds. The number of benzene rings is 1. The largest absolute Gasteiger partial charge is 0.399 e. The first kappa shape index (κ1) is 15.3. The van der Waals surface area contributed by atoms with E-state index in [2.05, 4.69) is 0 Å². The van der Waals surface area contributed by atoms with Crippen LogP contribution in [-0.2, 0) is 32.8 Å². The fourth-order valence-corrected chi connectivity index (χ4v) is 5.19. The summed E-state index contributed by atoms with van der Waals surface area (Å²) in [6, 6.07) is 5.48. The number of hydrogen-bond donors (Lipinski definition) is 1. The lowest BCUT2D eigenvalue weighted by Crippen LogP contribution is -2.38. The number of rotatable bonds is 4. The zero-order chi connectivity index (χ0) is 15.0. The van der Waals surface area contributed by atoms with Gasteiger partial charge < -0.3 is 5.73 Å². The maximum absolute atomic E-state index is 12.2. The molecule has 0 unspecified atom stereocenters.